The van der Waals surface area contributed by atoms with Crippen LogP contribution in [0.15, 0.2) is 24.3 Å². The van der Waals surface area contributed by atoms with E-state index in [1.165, 1.54) is 0 Å². The predicted molar refractivity (Wildman–Crippen MR) is 82.5 cm³/mol. The number of carbonyl (C=O) groups is 2. The fourth-order valence-electron chi connectivity index (χ4n) is 2.24. The minimum Gasteiger partial charge on any atom is -0.494 e. The molecule has 1 atom stereocenters. The van der Waals surface area contributed by atoms with Gasteiger partial charge in [-0.05, 0) is 44.4 Å². The van der Waals surface area contributed by atoms with E-state index < -0.39 is 0 Å². The summed E-state index contributed by atoms with van der Waals surface area (Å²) in [7, 11) is 0. The number of benzene rings is 1. The second-order valence-electron chi connectivity index (χ2n) is 5.35. The summed E-state index contributed by atoms with van der Waals surface area (Å²) in [6, 6.07) is 7.09. The minimum atomic E-state index is -0.358. The zero-order valence-corrected chi connectivity index (χ0v) is 13.1. The van der Waals surface area contributed by atoms with Crippen LogP contribution in [0.4, 0.5) is 0 Å². The monoisotopic (exact) mass is 305 g/mol. The minimum absolute atomic E-state index is 0.0168. The molecule has 1 fully saturated rings. The highest BCUT2D eigenvalue weighted by atomic mass is 16.5. The lowest BCUT2D eigenvalue weighted by Gasteiger charge is -2.19. The van der Waals surface area contributed by atoms with Crippen LogP contribution in [0.2, 0.25) is 0 Å². The highest BCUT2D eigenvalue weighted by Crippen LogP contribution is 2.30. The molecule has 0 unspecified atom stereocenters. The van der Waals surface area contributed by atoms with Crippen LogP contribution in [0.5, 0.6) is 5.75 Å². The highest BCUT2D eigenvalue weighted by Gasteiger charge is 2.31. The van der Waals surface area contributed by atoms with Gasteiger partial charge in [-0.25, -0.2) is 0 Å². The number of hydrogen-bond donors (Lipinski definition) is 1. The second kappa shape index (κ2) is 7.82. The average molecular weight is 305 g/mol. The second-order valence-corrected chi connectivity index (χ2v) is 5.35. The fourth-order valence-corrected chi connectivity index (χ4v) is 2.24. The third-order valence-corrected chi connectivity index (χ3v) is 3.53. The normalized spacial score (nSPS) is 15.0. The van der Waals surface area contributed by atoms with Crippen molar-refractivity contribution >= 4 is 11.9 Å². The van der Waals surface area contributed by atoms with Gasteiger partial charge in [0.25, 0.3) is 0 Å². The number of amides is 1. The average Bonchev–Trinajstić information content (AvgIpc) is 3.32. The maximum Gasteiger partial charge on any atom is 0.308 e. The van der Waals surface area contributed by atoms with Crippen LogP contribution >= 0.6 is 0 Å². The van der Waals surface area contributed by atoms with Crippen molar-refractivity contribution in [3.05, 3.63) is 29.8 Å². The Bertz CT molecular complexity index is 508. The number of hydrogen-bond acceptors (Lipinski definition) is 4. The van der Waals surface area contributed by atoms with E-state index in [2.05, 4.69) is 5.32 Å². The Morgan fingerprint density at radius 3 is 2.41 bits per heavy atom. The Morgan fingerprint density at radius 2 is 1.86 bits per heavy atom. The fraction of sp³-hybridized carbons (Fsp3) is 0.529. The predicted octanol–water partition coefficient (Wildman–Crippen LogP) is 2.61. The summed E-state index contributed by atoms with van der Waals surface area (Å²) in [6.07, 6.45) is 2.00. The van der Waals surface area contributed by atoms with Crippen LogP contribution in [0, 0.1) is 5.92 Å². The van der Waals surface area contributed by atoms with Crippen molar-refractivity contribution in [2.75, 3.05) is 13.2 Å². The molecule has 0 heterocycles. The summed E-state index contributed by atoms with van der Waals surface area (Å²) in [5, 5.41) is 2.96. The van der Waals surface area contributed by atoms with E-state index in [1.807, 2.05) is 31.2 Å². The van der Waals surface area contributed by atoms with E-state index in [0.717, 1.165) is 24.2 Å². The lowest BCUT2D eigenvalue weighted by atomic mass is 10.0. The van der Waals surface area contributed by atoms with Crippen molar-refractivity contribution in [2.45, 2.75) is 39.2 Å². The molecule has 0 radical (unpaired) electrons. The smallest absolute Gasteiger partial charge is 0.308 e. The van der Waals surface area contributed by atoms with E-state index in [-0.39, 0.29) is 30.3 Å². The molecule has 1 aliphatic rings. The van der Waals surface area contributed by atoms with E-state index >= 15 is 0 Å². The van der Waals surface area contributed by atoms with Gasteiger partial charge in [-0.15, -0.1) is 0 Å². The topological polar surface area (TPSA) is 64.6 Å². The van der Waals surface area contributed by atoms with E-state index in [4.69, 9.17) is 9.47 Å². The van der Waals surface area contributed by atoms with Crippen molar-refractivity contribution in [2.24, 2.45) is 5.92 Å². The van der Waals surface area contributed by atoms with Crippen LogP contribution in [-0.4, -0.2) is 25.1 Å². The first kappa shape index (κ1) is 16.3. The first-order chi connectivity index (χ1) is 10.6. The molecule has 1 N–H and O–H groups in total. The summed E-state index contributed by atoms with van der Waals surface area (Å²) in [4.78, 5) is 23.8. The Morgan fingerprint density at radius 1 is 1.18 bits per heavy atom. The standard InChI is InChI=1S/C17H23NO4/c1-3-21-14-9-7-12(8-10-14)15(11-16(19)22-4-2)18-17(20)13-5-6-13/h7-10,13,15H,3-6,11H2,1-2H3,(H,18,20)/t15-/m1/s1. The molecule has 0 bridgehead atoms. The molecule has 1 aliphatic carbocycles. The van der Waals surface area contributed by atoms with Crippen LogP contribution in [-0.2, 0) is 14.3 Å². The number of nitrogens with one attached hydrogen (secondary N) is 1. The first-order valence-electron chi connectivity index (χ1n) is 7.82. The Balaban J connectivity index is 2.07. The van der Waals surface area contributed by atoms with Crippen molar-refractivity contribution < 1.29 is 19.1 Å². The lowest BCUT2D eigenvalue weighted by molar-refractivity contribution is -0.143. The third kappa shape index (κ3) is 4.76. The van der Waals surface area contributed by atoms with Crippen LogP contribution < -0.4 is 10.1 Å². The molecule has 1 amide bonds. The number of ether oxygens (including phenoxy) is 2. The molecule has 0 aliphatic heterocycles. The van der Waals surface area contributed by atoms with E-state index in [9.17, 15) is 9.59 Å². The molecule has 2 rings (SSSR count). The molecular formula is C17H23NO4. The summed E-state index contributed by atoms with van der Waals surface area (Å²) in [5.74, 6) is 0.586. The molecule has 5 heteroatoms. The van der Waals surface area contributed by atoms with Crippen LogP contribution in [0.25, 0.3) is 0 Å². The molecular weight excluding hydrogens is 282 g/mol. The van der Waals surface area contributed by atoms with Gasteiger partial charge < -0.3 is 14.8 Å². The molecule has 5 nitrogen and oxygen atoms in total. The largest absolute Gasteiger partial charge is 0.494 e. The number of rotatable bonds is 8. The number of esters is 1. The van der Waals surface area contributed by atoms with Gasteiger partial charge in [0.1, 0.15) is 5.75 Å². The summed E-state index contributed by atoms with van der Waals surface area (Å²) < 4.78 is 10.4. The van der Waals surface area contributed by atoms with Gasteiger partial charge in [0.05, 0.1) is 25.7 Å². The molecule has 0 saturated heterocycles. The van der Waals surface area contributed by atoms with Crippen molar-refractivity contribution in [3.8, 4) is 5.75 Å². The maximum atomic E-state index is 12.0. The summed E-state index contributed by atoms with van der Waals surface area (Å²) >= 11 is 0. The lowest BCUT2D eigenvalue weighted by Crippen LogP contribution is -2.31. The van der Waals surface area contributed by atoms with Gasteiger partial charge in [-0.2, -0.15) is 0 Å². The molecule has 0 aromatic heterocycles. The number of carbonyl (C=O) groups excluding carboxylic acids is 2. The van der Waals surface area contributed by atoms with Gasteiger partial charge >= 0.3 is 5.97 Å². The van der Waals surface area contributed by atoms with Crippen molar-refractivity contribution in [1.29, 1.82) is 0 Å². The summed E-state index contributed by atoms with van der Waals surface area (Å²) in [5.41, 5.74) is 0.880. The Labute approximate surface area is 131 Å². The zero-order valence-electron chi connectivity index (χ0n) is 13.1. The van der Waals surface area contributed by atoms with Gasteiger partial charge in [0.2, 0.25) is 5.91 Å². The molecule has 1 aromatic carbocycles. The maximum absolute atomic E-state index is 12.0. The van der Waals surface area contributed by atoms with Crippen molar-refractivity contribution in [3.63, 3.8) is 0 Å². The van der Waals surface area contributed by atoms with Crippen LogP contribution in [0.1, 0.15) is 44.7 Å². The SMILES string of the molecule is CCOC(=O)C[C@@H](NC(=O)C1CC1)c1ccc(OCC)cc1. The van der Waals surface area contributed by atoms with Gasteiger partial charge in [0.15, 0.2) is 0 Å². The Kier molecular flexibility index (Phi) is 5.81. The quantitative estimate of drug-likeness (QED) is 0.750. The molecule has 22 heavy (non-hydrogen) atoms. The van der Waals surface area contributed by atoms with Crippen LogP contribution in [0.3, 0.4) is 0 Å². The molecule has 1 aromatic rings. The van der Waals surface area contributed by atoms with E-state index in [1.54, 1.807) is 6.92 Å². The Hall–Kier alpha value is -2.04. The molecule has 120 valence electrons. The van der Waals surface area contributed by atoms with Gasteiger partial charge in [-0.1, -0.05) is 12.1 Å². The first-order valence-corrected chi connectivity index (χ1v) is 7.82. The third-order valence-electron chi connectivity index (χ3n) is 3.53. The van der Waals surface area contributed by atoms with E-state index in [0.29, 0.717) is 13.2 Å². The highest BCUT2D eigenvalue weighted by molar-refractivity contribution is 5.82. The van der Waals surface area contributed by atoms with Crippen molar-refractivity contribution in [1.82, 2.24) is 5.32 Å². The molecule has 0 spiro atoms. The summed E-state index contributed by atoms with van der Waals surface area (Å²) in [6.45, 7) is 4.63. The zero-order chi connectivity index (χ0) is 15.9. The van der Waals surface area contributed by atoms with Gasteiger partial charge in [0, 0.05) is 5.92 Å². The van der Waals surface area contributed by atoms with Gasteiger partial charge in [-0.3, -0.25) is 9.59 Å². The molecule has 1 saturated carbocycles.